The molecule has 1 fully saturated rings. The van der Waals surface area contributed by atoms with Gasteiger partial charge < -0.3 is 14.0 Å². The summed E-state index contributed by atoms with van der Waals surface area (Å²) in [4.78, 5) is 32.1. The lowest BCUT2D eigenvalue weighted by Crippen LogP contribution is -2.37. The maximum atomic E-state index is 13.2. The van der Waals surface area contributed by atoms with Crippen molar-refractivity contribution in [1.82, 2.24) is 19.6 Å². The molecule has 7 nitrogen and oxygen atoms in total. The minimum Gasteiger partial charge on any atom is -0.337 e. The van der Waals surface area contributed by atoms with Crippen LogP contribution in [-0.4, -0.2) is 32.1 Å². The second kappa shape index (κ2) is 7.07. The molecule has 0 bridgehead atoms. The van der Waals surface area contributed by atoms with Crippen LogP contribution in [0.5, 0.6) is 0 Å². The summed E-state index contributed by atoms with van der Waals surface area (Å²) in [6.45, 7) is 4.21. The number of benzene rings is 1. The van der Waals surface area contributed by atoms with E-state index in [0.717, 1.165) is 24.1 Å². The second-order valence-electron chi connectivity index (χ2n) is 7.19. The Balaban J connectivity index is 1.67. The fraction of sp³-hybridized carbons (Fsp3) is 0.333. The molecule has 1 unspecified atom stereocenters. The van der Waals surface area contributed by atoms with E-state index in [0.29, 0.717) is 23.8 Å². The van der Waals surface area contributed by atoms with Crippen LogP contribution in [0.25, 0.3) is 11.4 Å². The first-order chi connectivity index (χ1) is 13.5. The molecule has 0 spiro atoms. The molecule has 1 aliphatic heterocycles. The first-order valence-corrected chi connectivity index (χ1v) is 9.34. The highest BCUT2D eigenvalue weighted by Crippen LogP contribution is 2.33. The SMILES string of the molecule is Cc1cc(C)n(C)c(=O)c1C(=O)N1CCCC1c1nc(-c2ccccc2)no1. The van der Waals surface area contributed by atoms with Crippen molar-refractivity contribution in [3.05, 3.63) is 69.5 Å². The van der Waals surface area contributed by atoms with Crippen LogP contribution in [0.15, 0.2) is 45.7 Å². The fourth-order valence-electron chi connectivity index (χ4n) is 3.72. The van der Waals surface area contributed by atoms with Gasteiger partial charge in [-0.3, -0.25) is 9.59 Å². The number of aromatic nitrogens is 3. The standard InChI is InChI=1S/C21H22N4O3/c1-13-12-14(2)24(3)20(26)17(13)21(27)25-11-7-10-16(25)19-22-18(23-28-19)15-8-5-4-6-9-15/h4-6,8-9,12,16H,7,10-11H2,1-3H3. The van der Waals surface area contributed by atoms with E-state index >= 15 is 0 Å². The topological polar surface area (TPSA) is 81.2 Å². The zero-order valence-corrected chi connectivity index (χ0v) is 16.2. The van der Waals surface area contributed by atoms with Gasteiger partial charge in [-0.2, -0.15) is 4.98 Å². The minimum atomic E-state index is -0.317. The average Bonchev–Trinajstić information content (AvgIpc) is 3.36. The van der Waals surface area contributed by atoms with Crippen molar-refractivity contribution < 1.29 is 9.32 Å². The first-order valence-electron chi connectivity index (χ1n) is 9.34. The summed E-state index contributed by atoms with van der Waals surface area (Å²) in [5, 5.41) is 4.07. The zero-order chi connectivity index (χ0) is 19.8. The molecule has 28 heavy (non-hydrogen) atoms. The molecule has 0 saturated carbocycles. The quantitative estimate of drug-likeness (QED) is 0.700. The summed E-state index contributed by atoms with van der Waals surface area (Å²) < 4.78 is 6.99. The van der Waals surface area contributed by atoms with E-state index < -0.39 is 0 Å². The Morgan fingerprint density at radius 2 is 1.96 bits per heavy atom. The lowest BCUT2D eigenvalue weighted by Gasteiger charge is -2.23. The molecule has 0 aliphatic carbocycles. The Labute approximate surface area is 162 Å². The molecular weight excluding hydrogens is 356 g/mol. The summed E-state index contributed by atoms with van der Waals surface area (Å²) in [6, 6.07) is 11.1. The molecule has 1 atom stereocenters. The summed E-state index contributed by atoms with van der Waals surface area (Å²) in [7, 11) is 1.68. The first kappa shape index (κ1) is 18.2. The third-order valence-corrected chi connectivity index (χ3v) is 5.35. The fourth-order valence-corrected chi connectivity index (χ4v) is 3.72. The number of carbonyl (C=O) groups excluding carboxylic acids is 1. The van der Waals surface area contributed by atoms with Gasteiger partial charge in [-0.05, 0) is 38.3 Å². The number of aryl methyl sites for hydroxylation is 2. The highest BCUT2D eigenvalue weighted by atomic mass is 16.5. The number of hydrogen-bond donors (Lipinski definition) is 0. The van der Waals surface area contributed by atoms with Crippen LogP contribution in [0, 0.1) is 13.8 Å². The van der Waals surface area contributed by atoms with Crippen LogP contribution in [-0.2, 0) is 7.05 Å². The molecule has 1 amide bonds. The Morgan fingerprint density at radius 1 is 1.21 bits per heavy atom. The number of carbonyl (C=O) groups is 1. The van der Waals surface area contributed by atoms with E-state index in [1.54, 1.807) is 18.9 Å². The lowest BCUT2D eigenvalue weighted by molar-refractivity contribution is 0.0707. The van der Waals surface area contributed by atoms with Gasteiger partial charge in [0.05, 0.1) is 0 Å². The van der Waals surface area contributed by atoms with Gasteiger partial charge in [-0.15, -0.1) is 0 Å². The maximum absolute atomic E-state index is 13.2. The number of amides is 1. The summed E-state index contributed by atoms with van der Waals surface area (Å²) in [6.07, 6.45) is 1.55. The average molecular weight is 378 g/mol. The van der Waals surface area contributed by atoms with E-state index in [2.05, 4.69) is 10.1 Å². The number of rotatable bonds is 3. The predicted molar refractivity (Wildman–Crippen MR) is 104 cm³/mol. The van der Waals surface area contributed by atoms with Crippen molar-refractivity contribution in [2.75, 3.05) is 6.54 Å². The summed E-state index contributed by atoms with van der Waals surface area (Å²) in [5.74, 6) is 0.628. The van der Waals surface area contributed by atoms with Gasteiger partial charge in [0, 0.05) is 24.8 Å². The van der Waals surface area contributed by atoms with Gasteiger partial charge >= 0.3 is 0 Å². The van der Waals surface area contributed by atoms with Crippen molar-refractivity contribution >= 4 is 5.91 Å². The molecule has 0 N–H and O–H groups in total. The highest BCUT2D eigenvalue weighted by Gasteiger charge is 2.36. The molecule has 7 heteroatoms. The monoisotopic (exact) mass is 378 g/mol. The normalized spacial score (nSPS) is 16.5. The van der Waals surface area contributed by atoms with Crippen molar-refractivity contribution in [2.24, 2.45) is 7.05 Å². The third kappa shape index (κ3) is 3.02. The molecule has 0 radical (unpaired) electrons. The summed E-state index contributed by atoms with van der Waals surface area (Å²) >= 11 is 0. The van der Waals surface area contributed by atoms with Crippen LogP contribution in [0.2, 0.25) is 0 Å². The molecule has 1 aromatic carbocycles. The predicted octanol–water partition coefficient (Wildman–Crippen LogP) is 3.03. The van der Waals surface area contributed by atoms with Crippen LogP contribution in [0.3, 0.4) is 0 Å². The minimum absolute atomic E-state index is 0.211. The van der Waals surface area contributed by atoms with E-state index in [1.807, 2.05) is 43.3 Å². The van der Waals surface area contributed by atoms with Crippen LogP contribution < -0.4 is 5.56 Å². The number of pyridine rings is 1. The summed E-state index contributed by atoms with van der Waals surface area (Å²) in [5.41, 5.74) is 2.30. The van der Waals surface area contributed by atoms with Crippen molar-refractivity contribution in [1.29, 1.82) is 0 Å². The Morgan fingerprint density at radius 3 is 2.71 bits per heavy atom. The molecule has 1 aliphatic rings. The van der Waals surface area contributed by atoms with E-state index in [4.69, 9.17) is 4.52 Å². The van der Waals surface area contributed by atoms with Crippen LogP contribution in [0.1, 0.15) is 46.4 Å². The second-order valence-corrected chi connectivity index (χ2v) is 7.19. The largest absolute Gasteiger partial charge is 0.337 e. The van der Waals surface area contributed by atoms with Crippen molar-refractivity contribution in [2.45, 2.75) is 32.7 Å². The van der Waals surface area contributed by atoms with Crippen LogP contribution >= 0.6 is 0 Å². The van der Waals surface area contributed by atoms with Gasteiger partial charge in [0.1, 0.15) is 11.6 Å². The van der Waals surface area contributed by atoms with Crippen LogP contribution in [0.4, 0.5) is 0 Å². The highest BCUT2D eigenvalue weighted by molar-refractivity contribution is 5.95. The molecule has 144 valence electrons. The molecule has 3 aromatic rings. The Bertz CT molecular complexity index is 1080. The third-order valence-electron chi connectivity index (χ3n) is 5.35. The molecule has 1 saturated heterocycles. The maximum Gasteiger partial charge on any atom is 0.263 e. The van der Waals surface area contributed by atoms with E-state index in [9.17, 15) is 9.59 Å². The van der Waals surface area contributed by atoms with Gasteiger partial charge in [0.25, 0.3) is 11.5 Å². The van der Waals surface area contributed by atoms with Gasteiger partial charge in [0.2, 0.25) is 11.7 Å². The van der Waals surface area contributed by atoms with Gasteiger partial charge in [-0.25, -0.2) is 0 Å². The molecular formula is C21H22N4O3. The van der Waals surface area contributed by atoms with Gasteiger partial charge in [0.15, 0.2) is 0 Å². The lowest BCUT2D eigenvalue weighted by atomic mass is 10.1. The smallest absolute Gasteiger partial charge is 0.263 e. The van der Waals surface area contributed by atoms with Gasteiger partial charge in [-0.1, -0.05) is 35.5 Å². The van der Waals surface area contributed by atoms with Crippen molar-refractivity contribution in [3.63, 3.8) is 0 Å². The number of hydrogen-bond acceptors (Lipinski definition) is 5. The Hall–Kier alpha value is -3.22. The molecule has 4 rings (SSSR count). The van der Waals surface area contributed by atoms with E-state index in [-0.39, 0.29) is 23.1 Å². The molecule has 3 heterocycles. The zero-order valence-electron chi connectivity index (χ0n) is 16.2. The Kier molecular flexibility index (Phi) is 4.58. The number of likely N-dealkylation sites (tertiary alicyclic amines) is 1. The van der Waals surface area contributed by atoms with Crippen molar-refractivity contribution in [3.8, 4) is 11.4 Å². The molecule has 2 aromatic heterocycles. The number of nitrogens with zero attached hydrogens (tertiary/aromatic N) is 4. The van der Waals surface area contributed by atoms with E-state index in [1.165, 1.54) is 4.57 Å².